The Hall–Kier alpha value is -5.06. The van der Waals surface area contributed by atoms with Gasteiger partial charge in [-0.2, -0.15) is 0 Å². The Balaban J connectivity index is 1.14. The topological polar surface area (TPSA) is 136 Å². The number of rotatable bonds is 11. The molecule has 3 aromatic carbocycles. The van der Waals surface area contributed by atoms with Crippen LogP contribution >= 0.6 is 0 Å². The van der Waals surface area contributed by atoms with Gasteiger partial charge in [0, 0.05) is 31.5 Å². The molecule has 2 aliphatic rings. The molecule has 4 aromatic rings. The zero-order chi connectivity index (χ0) is 30.5. The maximum atomic E-state index is 13.2. The Bertz CT molecular complexity index is 1690. The zero-order valence-corrected chi connectivity index (χ0v) is 23.9. The number of ether oxygens (including phenoxy) is 2. The van der Waals surface area contributed by atoms with E-state index in [0.29, 0.717) is 25.4 Å². The molecule has 3 N–H and O–H groups in total. The van der Waals surface area contributed by atoms with Gasteiger partial charge < -0.3 is 25.2 Å². The first-order chi connectivity index (χ1) is 21.5. The van der Waals surface area contributed by atoms with Crippen LogP contribution in [0.4, 0.5) is 11.5 Å². The summed E-state index contributed by atoms with van der Waals surface area (Å²) in [6.07, 6.45) is 3.82. The molecule has 10 heteroatoms. The van der Waals surface area contributed by atoms with Crippen molar-refractivity contribution in [3.8, 4) is 11.1 Å². The lowest BCUT2D eigenvalue weighted by Gasteiger charge is -2.29. The van der Waals surface area contributed by atoms with Crippen LogP contribution in [-0.4, -0.2) is 40.3 Å². The first-order valence-corrected chi connectivity index (χ1v) is 14.5. The smallest absolute Gasteiger partial charge is 0.287 e. The van der Waals surface area contributed by atoms with Gasteiger partial charge in [0.15, 0.2) is 5.76 Å². The molecule has 6 rings (SSSR count). The molecule has 0 saturated carbocycles. The molecular formula is C34H32N4O6. The second-order valence-corrected chi connectivity index (χ2v) is 10.8. The fourth-order valence-corrected chi connectivity index (χ4v) is 5.53. The van der Waals surface area contributed by atoms with Crippen molar-refractivity contribution >= 4 is 17.4 Å². The van der Waals surface area contributed by atoms with Crippen LogP contribution in [0.15, 0.2) is 96.9 Å². The Kier molecular flexibility index (Phi) is 8.62. The van der Waals surface area contributed by atoms with Gasteiger partial charge in [-0.15, -0.1) is 0 Å². The predicted molar refractivity (Wildman–Crippen MR) is 165 cm³/mol. The van der Waals surface area contributed by atoms with Crippen LogP contribution in [-0.2, 0) is 33.9 Å². The first-order valence-electron chi connectivity index (χ1n) is 14.5. The normalized spacial score (nSPS) is 16.7. The fourth-order valence-electron chi connectivity index (χ4n) is 5.53. The predicted octanol–water partition coefficient (Wildman–Crippen LogP) is 5.21. The third kappa shape index (κ3) is 6.61. The molecule has 0 radical (unpaired) electrons. The highest BCUT2D eigenvalue weighted by Gasteiger charge is 2.30. The number of nitrogens with one attached hydrogen (secondary N) is 2. The minimum Gasteiger partial charge on any atom is -0.459 e. The summed E-state index contributed by atoms with van der Waals surface area (Å²) in [7, 11) is 0. The molecule has 0 spiro atoms. The van der Waals surface area contributed by atoms with Gasteiger partial charge in [-0.1, -0.05) is 66.7 Å². The van der Waals surface area contributed by atoms with Crippen molar-refractivity contribution in [3.63, 3.8) is 0 Å². The number of nitro groups is 1. The molecule has 0 bridgehead atoms. The summed E-state index contributed by atoms with van der Waals surface area (Å²) in [5.41, 5.74) is 7.85. The number of benzene rings is 3. The number of aromatic nitrogens is 1. The van der Waals surface area contributed by atoms with Crippen LogP contribution in [0.2, 0.25) is 0 Å². The van der Waals surface area contributed by atoms with Crippen molar-refractivity contribution in [1.29, 1.82) is 0 Å². The number of aliphatic hydroxyl groups excluding tert-OH is 1. The maximum absolute atomic E-state index is 13.2. The van der Waals surface area contributed by atoms with Gasteiger partial charge >= 0.3 is 0 Å². The summed E-state index contributed by atoms with van der Waals surface area (Å²) < 4.78 is 12.2. The number of pyridine rings is 1. The molecule has 224 valence electrons. The number of carbonyl (C=O) groups is 1. The summed E-state index contributed by atoms with van der Waals surface area (Å²) >= 11 is 0. The average Bonchev–Trinajstić information content (AvgIpc) is 3.44. The highest BCUT2D eigenvalue weighted by Crippen LogP contribution is 2.40. The third-order valence-electron chi connectivity index (χ3n) is 7.84. The lowest BCUT2D eigenvalue weighted by molar-refractivity contribution is -0.385. The van der Waals surface area contributed by atoms with E-state index in [1.165, 1.54) is 40.6 Å². The van der Waals surface area contributed by atoms with Crippen molar-refractivity contribution in [2.45, 2.75) is 38.3 Å². The minimum absolute atomic E-state index is 0.0242. The molecule has 1 aromatic heterocycles. The molecule has 10 nitrogen and oxygen atoms in total. The van der Waals surface area contributed by atoms with E-state index in [9.17, 15) is 20.0 Å². The summed E-state index contributed by atoms with van der Waals surface area (Å²) in [5.74, 6) is 0.210. The van der Waals surface area contributed by atoms with Crippen LogP contribution in [0.5, 0.6) is 0 Å². The minimum atomic E-state index is -0.642. The van der Waals surface area contributed by atoms with Gasteiger partial charge in [-0.25, -0.2) is 4.98 Å². The quantitative estimate of drug-likeness (QED) is 0.108. The number of amides is 1. The zero-order valence-electron chi connectivity index (χ0n) is 23.9. The molecule has 1 amide bonds. The van der Waals surface area contributed by atoms with Gasteiger partial charge in [0.25, 0.3) is 11.6 Å². The number of allylic oxidation sites excluding steroid dienone is 1. The van der Waals surface area contributed by atoms with E-state index in [1.807, 2.05) is 30.3 Å². The second-order valence-electron chi connectivity index (χ2n) is 10.8. The molecule has 2 atom stereocenters. The van der Waals surface area contributed by atoms with Crippen molar-refractivity contribution in [2.24, 2.45) is 0 Å². The number of anilines is 1. The van der Waals surface area contributed by atoms with E-state index in [4.69, 9.17) is 9.47 Å². The largest absolute Gasteiger partial charge is 0.459 e. The number of carbonyl (C=O) groups excluding carboxylic acids is 1. The Morgan fingerprint density at radius 2 is 1.80 bits per heavy atom. The van der Waals surface area contributed by atoms with Crippen molar-refractivity contribution in [3.05, 3.63) is 135 Å². The molecule has 44 heavy (non-hydrogen) atoms. The number of fused-ring (bicyclic) bond motifs is 3. The van der Waals surface area contributed by atoms with Crippen LogP contribution in [0.1, 0.15) is 40.2 Å². The summed E-state index contributed by atoms with van der Waals surface area (Å²) in [5, 5.41) is 26.1. The molecule has 0 saturated heterocycles. The molecule has 1 aliphatic heterocycles. The van der Waals surface area contributed by atoms with E-state index in [2.05, 4.69) is 58.1 Å². The third-order valence-corrected chi connectivity index (χ3v) is 7.84. The van der Waals surface area contributed by atoms with Gasteiger partial charge in [-0.3, -0.25) is 14.9 Å². The number of nitrogens with zero attached hydrogens (tertiary/aromatic N) is 2. The van der Waals surface area contributed by atoms with Crippen LogP contribution in [0.25, 0.3) is 11.1 Å². The highest BCUT2D eigenvalue weighted by molar-refractivity contribution is 5.91. The van der Waals surface area contributed by atoms with Crippen LogP contribution in [0.3, 0.4) is 0 Å². The van der Waals surface area contributed by atoms with Crippen molar-refractivity contribution < 1.29 is 24.3 Å². The average molecular weight is 593 g/mol. The number of hydrogen-bond donors (Lipinski definition) is 3. The van der Waals surface area contributed by atoms with E-state index in [1.54, 1.807) is 0 Å². The standard InChI is InChI=1S/C34H32N4O6/c39-20-22-5-7-23(8-6-22)21-43-33-18-26(24-9-11-30-27(15-24)16-25-3-1-2-4-29(25)30)17-31(44-33)34(40)36-14-13-35-32-12-10-28(19-37-32)38(41)42/h1-12,15,17,19,26,33,39H,13-14,16,18,20-21H2,(H,35,37)(H,36,40)/t26-,33+/m1/s1. The summed E-state index contributed by atoms with van der Waals surface area (Å²) in [4.78, 5) is 27.6. The van der Waals surface area contributed by atoms with Gasteiger partial charge in [0.1, 0.15) is 12.0 Å². The second kappa shape index (κ2) is 13.1. The lowest BCUT2D eigenvalue weighted by Crippen LogP contribution is -2.35. The monoisotopic (exact) mass is 592 g/mol. The van der Waals surface area contributed by atoms with Crippen LogP contribution in [0, 0.1) is 10.1 Å². The maximum Gasteiger partial charge on any atom is 0.287 e. The van der Waals surface area contributed by atoms with E-state index >= 15 is 0 Å². The molecule has 2 heterocycles. The molecule has 0 fully saturated rings. The Morgan fingerprint density at radius 3 is 2.57 bits per heavy atom. The molecule has 0 unspecified atom stereocenters. The Labute approximate surface area is 254 Å². The van der Waals surface area contributed by atoms with Gasteiger partial charge in [0.05, 0.1) is 18.1 Å². The number of aliphatic hydroxyl groups is 1. The molecular weight excluding hydrogens is 560 g/mol. The van der Waals surface area contributed by atoms with E-state index in [0.717, 1.165) is 23.1 Å². The molecule has 1 aliphatic carbocycles. The lowest BCUT2D eigenvalue weighted by atomic mass is 9.90. The van der Waals surface area contributed by atoms with Gasteiger partial charge in [-0.05, 0) is 57.5 Å². The van der Waals surface area contributed by atoms with E-state index < -0.39 is 11.2 Å². The van der Waals surface area contributed by atoms with Crippen LogP contribution < -0.4 is 10.6 Å². The first kappa shape index (κ1) is 29.0. The fraction of sp³-hybridized carbons (Fsp3) is 0.235. The SMILES string of the molecule is O=C(NCCNc1ccc([N+](=O)[O-])cn1)C1=C[C@@H](c2ccc3c(c2)Cc2ccccc2-3)C[C@@H](OCc2ccc(CO)cc2)O1. The summed E-state index contributed by atoms with van der Waals surface area (Å²) in [6, 6.07) is 25.3. The Morgan fingerprint density at radius 1 is 1.00 bits per heavy atom. The van der Waals surface area contributed by atoms with Crippen molar-refractivity contribution in [1.82, 2.24) is 10.3 Å². The number of hydrogen-bond acceptors (Lipinski definition) is 8. The highest BCUT2D eigenvalue weighted by atomic mass is 16.7. The van der Waals surface area contributed by atoms with E-state index in [-0.39, 0.29) is 36.4 Å². The van der Waals surface area contributed by atoms with Crippen molar-refractivity contribution in [2.75, 3.05) is 18.4 Å². The summed E-state index contributed by atoms with van der Waals surface area (Å²) in [6.45, 7) is 0.915. The van der Waals surface area contributed by atoms with Gasteiger partial charge in [0.2, 0.25) is 6.29 Å².